The number of hydrogen-bond donors (Lipinski definition) is 1. The highest BCUT2D eigenvalue weighted by atomic mass is 35.5. The first-order valence-electron chi connectivity index (χ1n) is 7.82. The lowest BCUT2D eigenvalue weighted by Gasteiger charge is -2.21. The summed E-state index contributed by atoms with van der Waals surface area (Å²) in [6.07, 6.45) is 4.02. The molecule has 0 unspecified atom stereocenters. The van der Waals surface area contributed by atoms with Gasteiger partial charge in [0.05, 0.1) is 10.0 Å². The summed E-state index contributed by atoms with van der Waals surface area (Å²) in [5, 5.41) is 9.78. The minimum atomic E-state index is -0.141. The highest BCUT2D eigenvalue weighted by Gasteiger charge is 2.22. The van der Waals surface area contributed by atoms with Gasteiger partial charge in [-0.15, -0.1) is 0 Å². The number of benzene rings is 1. The van der Waals surface area contributed by atoms with E-state index in [1.54, 1.807) is 34.1 Å². The summed E-state index contributed by atoms with van der Waals surface area (Å²) in [5.74, 6) is -0.120. The molecule has 1 saturated heterocycles. The first kappa shape index (κ1) is 18.8. The third-order valence-electron chi connectivity index (χ3n) is 3.85. The van der Waals surface area contributed by atoms with Crippen molar-refractivity contribution in [2.24, 2.45) is 0 Å². The second-order valence-electron chi connectivity index (χ2n) is 5.54. The fourth-order valence-electron chi connectivity index (χ4n) is 2.47. The van der Waals surface area contributed by atoms with Gasteiger partial charge in [-0.2, -0.15) is 0 Å². The van der Waals surface area contributed by atoms with Crippen molar-refractivity contribution in [1.82, 2.24) is 9.80 Å². The number of carbonyl (C=O) groups is 2. The van der Waals surface area contributed by atoms with Gasteiger partial charge in [0.2, 0.25) is 11.8 Å². The first-order valence-corrected chi connectivity index (χ1v) is 8.57. The summed E-state index contributed by atoms with van der Waals surface area (Å²) in [4.78, 5) is 27.7. The van der Waals surface area contributed by atoms with E-state index in [9.17, 15) is 9.59 Å². The van der Waals surface area contributed by atoms with E-state index < -0.39 is 0 Å². The molecule has 7 heteroatoms. The molecule has 1 N–H and O–H groups in total. The summed E-state index contributed by atoms with van der Waals surface area (Å²) < 4.78 is 0. The number of aliphatic hydroxyl groups is 1. The zero-order valence-corrected chi connectivity index (χ0v) is 14.8. The van der Waals surface area contributed by atoms with Gasteiger partial charge in [-0.1, -0.05) is 29.3 Å². The van der Waals surface area contributed by atoms with Gasteiger partial charge in [-0.25, -0.2) is 0 Å². The molecule has 0 atom stereocenters. The second kappa shape index (κ2) is 9.06. The molecule has 0 aliphatic carbocycles. The third-order valence-corrected chi connectivity index (χ3v) is 4.59. The van der Waals surface area contributed by atoms with Crippen molar-refractivity contribution in [1.29, 1.82) is 0 Å². The lowest BCUT2D eigenvalue weighted by Crippen LogP contribution is -2.35. The zero-order valence-electron chi connectivity index (χ0n) is 13.3. The average Bonchev–Trinajstić information content (AvgIpc) is 2.75. The van der Waals surface area contributed by atoms with Crippen LogP contribution < -0.4 is 0 Å². The van der Waals surface area contributed by atoms with E-state index in [-0.39, 0.29) is 18.4 Å². The van der Waals surface area contributed by atoms with Crippen LogP contribution in [-0.2, 0) is 9.59 Å². The monoisotopic (exact) mass is 370 g/mol. The van der Waals surface area contributed by atoms with Crippen molar-refractivity contribution in [2.45, 2.75) is 12.8 Å². The molecule has 1 aliphatic rings. The molecule has 2 amide bonds. The molecule has 0 bridgehead atoms. The highest BCUT2D eigenvalue weighted by Crippen LogP contribution is 2.23. The molecular formula is C17H20Cl2N2O3. The summed E-state index contributed by atoms with van der Waals surface area (Å²) in [7, 11) is 0. The van der Waals surface area contributed by atoms with Crippen molar-refractivity contribution in [3.8, 4) is 0 Å². The Kier molecular flexibility index (Phi) is 7.09. The Morgan fingerprint density at radius 1 is 1.21 bits per heavy atom. The minimum absolute atomic E-state index is 0.0206. The Labute approximate surface area is 151 Å². The van der Waals surface area contributed by atoms with E-state index in [1.165, 1.54) is 6.08 Å². The summed E-state index contributed by atoms with van der Waals surface area (Å²) in [6.45, 7) is 1.96. The number of hydrogen-bond acceptors (Lipinski definition) is 3. The molecular weight excluding hydrogens is 351 g/mol. The van der Waals surface area contributed by atoms with Gasteiger partial charge in [-0.3, -0.25) is 9.59 Å². The van der Waals surface area contributed by atoms with Crippen molar-refractivity contribution in [3.05, 3.63) is 39.9 Å². The van der Waals surface area contributed by atoms with E-state index in [2.05, 4.69) is 0 Å². The molecule has 0 spiro atoms. The average molecular weight is 371 g/mol. The van der Waals surface area contributed by atoms with Crippen LogP contribution in [0.1, 0.15) is 18.4 Å². The minimum Gasteiger partial charge on any atom is -0.396 e. The molecule has 0 aromatic heterocycles. The number of aliphatic hydroxyl groups excluding tert-OH is 1. The predicted molar refractivity (Wildman–Crippen MR) is 95.0 cm³/mol. The molecule has 1 fully saturated rings. The Morgan fingerprint density at radius 3 is 2.71 bits per heavy atom. The van der Waals surface area contributed by atoms with E-state index in [4.69, 9.17) is 28.3 Å². The maximum atomic E-state index is 12.3. The van der Waals surface area contributed by atoms with Gasteiger partial charge >= 0.3 is 0 Å². The Morgan fingerprint density at radius 2 is 2.00 bits per heavy atom. The van der Waals surface area contributed by atoms with Gasteiger partial charge in [0.1, 0.15) is 0 Å². The van der Waals surface area contributed by atoms with E-state index in [0.717, 1.165) is 5.56 Å². The lowest BCUT2D eigenvalue weighted by molar-refractivity contribution is -0.130. The van der Waals surface area contributed by atoms with Crippen molar-refractivity contribution in [2.75, 3.05) is 32.8 Å². The number of nitrogens with zero attached hydrogens (tertiary/aromatic N) is 2. The van der Waals surface area contributed by atoms with Crippen LogP contribution >= 0.6 is 23.2 Å². The van der Waals surface area contributed by atoms with Gasteiger partial charge in [0.25, 0.3) is 0 Å². The molecule has 1 aliphatic heterocycles. The van der Waals surface area contributed by atoms with E-state index in [0.29, 0.717) is 49.1 Å². The first-order chi connectivity index (χ1) is 11.5. The van der Waals surface area contributed by atoms with Crippen LogP contribution in [0.5, 0.6) is 0 Å². The smallest absolute Gasteiger partial charge is 0.246 e. The van der Waals surface area contributed by atoms with Gasteiger partial charge in [-0.05, 0) is 30.2 Å². The van der Waals surface area contributed by atoms with Gasteiger partial charge in [0, 0.05) is 45.3 Å². The molecule has 1 aromatic carbocycles. The number of halogens is 2. The Hall–Kier alpha value is -1.56. The van der Waals surface area contributed by atoms with Crippen LogP contribution in [0, 0.1) is 0 Å². The Balaban J connectivity index is 1.95. The van der Waals surface area contributed by atoms with Crippen molar-refractivity contribution >= 4 is 41.1 Å². The molecule has 2 rings (SSSR count). The Bertz CT molecular complexity index is 634. The third kappa shape index (κ3) is 5.23. The van der Waals surface area contributed by atoms with E-state index in [1.807, 2.05) is 0 Å². The molecule has 5 nitrogen and oxygen atoms in total. The molecule has 130 valence electrons. The number of amides is 2. The van der Waals surface area contributed by atoms with Crippen molar-refractivity contribution in [3.63, 3.8) is 0 Å². The van der Waals surface area contributed by atoms with Crippen LogP contribution in [0.15, 0.2) is 24.3 Å². The van der Waals surface area contributed by atoms with Crippen molar-refractivity contribution < 1.29 is 14.7 Å². The fraction of sp³-hybridized carbons (Fsp3) is 0.412. The molecule has 0 saturated carbocycles. The lowest BCUT2D eigenvalue weighted by atomic mass is 10.2. The van der Waals surface area contributed by atoms with Crippen LogP contribution in [0.4, 0.5) is 0 Å². The zero-order chi connectivity index (χ0) is 17.5. The van der Waals surface area contributed by atoms with E-state index >= 15 is 0 Å². The quantitative estimate of drug-likeness (QED) is 0.809. The van der Waals surface area contributed by atoms with Gasteiger partial charge in [0.15, 0.2) is 0 Å². The highest BCUT2D eigenvalue weighted by molar-refractivity contribution is 6.42. The maximum absolute atomic E-state index is 12.3. The molecule has 1 aromatic rings. The fourth-order valence-corrected chi connectivity index (χ4v) is 2.78. The topological polar surface area (TPSA) is 60.9 Å². The maximum Gasteiger partial charge on any atom is 0.246 e. The summed E-state index contributed by atoms with van der Waals surface area (Å²) in [5.41, 5.74) is 0.785. The number of rotatable bonds is 5. The summed E-state index contributed by atoms with van der Waals surface area (Å²) in [6, 6.07) is 5.15. The van der Waals surface area contributed by atoms with Crippen LogP contribution in [0.3, 0.4) is 0 Å². The van der Waals surface area contributed by atoms with Crippen LogP contribution in [0.25, 0.3) is 6.08 Å². The van der Waals surface area contributed by atoms with Crippen LogP contribution in [0.2, 0.25) is 10.0 Å². The molecule has 1 heterocycles. The normalized spacial score (nSPS) is 15.9. The second-order valence-corrected chi connectivity index (χ2v) is 6.35. The standard InChI is InChI=1S/C17H20Cl2N2O3/c18-14-4-2-13(12-15(14)19)3-5-16(23)21-8-6-17(24)20(9-10-21)7-1-11-22/h2-5,12,22H,1,6-11H2/b5-3+. The SMILES string of the molecule is O=C(/C=C/c1ccc(Cl)c(Cl)c1)N1CCC(=O)N(CCCO)CC1. The number of carbonyl (C=O) groups excluding carboxylic acids is 2. The summed E-state index contributed by atoms with van der Waals surface area (Å²) >= 11 is 11.8. The van der Waals surface area contributed by atoms with Gasteiger partial charge < -0.3 is 14.9 Å². The molecule has 24 heavy (non-hydrogen) atoms. The largest absolute Gasteiger partial charge is 0.396 e. The molecule has 0 radical (unpaired) electrons. The predicted octanol–water partition coefficient (Wildman–Crippen LogP) is 2.45. The van der Waals surface area contributed by atoms with Crippen LogP contribution in [-0.4, -0.2) is 59.5 Å².